The van der Waals surface area contributed by atoms with Crippen LogP contribution in [-0.2, 0) is 9.53 Å². The summed E-state index contributed by atoms with van der Waals surface area (Å²) in [6.07, 6.45) is -0.578. The van der Waals surface area contributed by atoms with Crippen LogP contribution >= 0.6 is 12.4 Å². The zero-order valence-electron chi connectivity index (χ0n) is 15.2. The van der Waals surface area contributed by atoms with Gasteiger partial charge in [-0.15, -0.1) is 12.4 Å². The van der Waals surface area contributed by atoms with Crippen LogP contribution in [0.3, 0.4) is 0 Å². The molecule has 1 aliphatic rings. The minimum Gasteiger partial charge on any atom is -0.495 e. The van der Waals surface area contributed by atoms with E-state index in [-0.39, 0.29) is 23.9 Å². The minimum atomic E-state index is -0.578. The molecule has 3 rings (SSSR count). The van der Waals surface area contributed by atoms with Gasteiger partial charge in [-0.3, -0.25) is 9.59 Å². The largest absolute Gasteiger partial charge is 0.495 e. The molecule has 1 atom stereocenters. The molecule has 28 heavy (non-hydrogen) atoms. The summed E-state index contributed by atoms with van der Waals surface area (Å²) in [5, 5.41) is 8.51. The highest BCUT2D eigenvalue weighted by Crippen LogP contribution is 2.28. The third kappa shape index (κ3) is 5.41. The van der Waals surface area contributed by atoms with Crippen molar-refractivity contribution in [2.45, 2.75) is 6.10 Å². The Bertz CT molecular complexity index is 844. The van der Waals surface area contributed by atoms with Gasteiger partial charge in [-0.2, -0.15) is 0 Å². The molecule has 1 aliphatic heterocycles. The quantitative estimate of drug-likeness (QED) is 0.706. The molecule has 7 nitrogen and oxygen atoms in total. The Hall–Kier alpha value is -2.68. The Balaban J connectivity index is 0.00000280. The normalized spacial score (nSPS) is 15.9. The molecule has 1 saturated heterocycles. The first-order valence-corrected chi connectivity index (χ1v) is 8.45. The van der Waals surface area contributed by atoms with E-state index in [9.17, 15) is 14.0 Å². The standard InChI is InChI=1S/C19H20FN3O4.ClH/c1-26-16-6-5-14(22-19(25)17-11-21-7-8-27-17)10-15(16)23-18(24)12-3-2-4-13(20)9-12;/h2-6,9-10,17,21H,7-8,11H2,1H3,(H,22,25)(H,23,24);1H. The number of morpholine rings is 1. The first-order chi connectivity index (χ1) is 13.1. The lowest BCUT2D eigenvalue weighted by Gasteiger charge is -2.23. The number of amides is 2. The van der Waals surface area contributed by atoms with Crippen molar-refractivity contribution in [3.8, 4) is 5.75 Å². The van der Waals surface area contributed by atoms with Crippen LogP contribution in [0, 0.1) is 5.82 Å². The highest BCUT2D eigenvalue weighted by Gasteiger charge is 2.22. The maximum absolute atomic E-state index is 13.3. The van der Waals surface area contributed by atoms with Gasteiger partial charge < -0.3 is 25.4 Å². The molecular weight excluding hydrogens is 389 g/mol. The lowest BCUT2D eigenvalue weighted by atomic mass is 10.2. The van der Waals surface area contributed by atoms with E-state index >= 15 is 0 Å². The maximum atomic E-state index is 13.3. The molecule has 0 bridgehead atoms. The summed E-state index contributed by atoms with van der Waals surface area (Å²) < 4.78 is 24.0. The number of halogens is 2. The SMILES string of the molecule is COc1ccc(NC(=O)C2CNCCO2)cc1NC(=O)c1cccc(F)c1.Cl. The fraction of sp³-hybridized carbons (Fsp3) is 0.263. The fourth-order valence-electron chi connectivity index (χ4n) is 2.66. The summed E-state index contributed by atoms with van der Waals surface area (Å²) >= 11 is 0. The first kappa shape index (κ1) is 21.6. The van der Waals surface area contributed by atoms with Crippen LogP contribution in [0.4, 0.5) is 15.8 Å². The van der Waals surface area contributed by atoms with Crippen LogP contribution in [0.5, 0.6) is 5.75 Å². The number of hydrogen-bond acceptors (Lipinski definition) is 5. The summed E-state index contributed by atoms with van der Waals surface area (Å²) in [7, 11) is 1.47. The number of rotatable bonds is 5. The molecule has 1 unspecified atom stereocenters. The summed E-state index contributed by atoms with van der Waals surface area (Å²) in [4.78, 5) is 24.6. The van der Waals surface area contributed by atoms with E-state index in [0.29, 0.717) is 36.8 Å². The van der Waals surface area contributed by atoms with Crippen LogP contribution < -0.4 is 20.7 Å². The second-order valence-corrected chi connectivity index (χ2v) is 5.93. The van der Waals surface area contributed by atoms with Gasteiger partial charge in [0.2, 0.25) is 0 Å². The average Bonchev–Trinajstić information content (AvgIpc) is 2.69. The molecular formula is C19H21ClFN3O4. The van der Waals surface area contributed by atoms with Gasteiger partial charge in [0.15, 0.2) is 0 Å². The van der Waals surface area contributed by atoms with Crippen molar-refractivity contribution in [2.24, 2.45) is 0 Å². The summed E-state index contributed by atoms with van der Waals surface area (Å²) in [5.41, 5.74) is 1.00. The lowest BCUT2D eigenvalue weighted by Crippen LogP contribution is -2.45. The molecule has 0 aromatic heterocycles. The minimum absolute atomic E-state index is 0. The molecule has 1 fully saturated rings. The predicted octanol–water partition coefficient (Wildman–Crippen LogP) is 2.44. The number of carbonyl (C=O) groups excluding carboxylic acids is 2. The highest BCUT2D eigenvalue weighted by atomic mass is 35.5. The second kappa shape index (κ2) is 10.0. The average molecular weight is 410 g/mol. The van der Waals surface area contributed by atoms with Crippen LogP contribution in [-0.4, -0.2) is 44.7 Å². The van der Waals surface area contributed by atoms with Gasteiger partial charge in [-0.05, 0) is 36.4 Å². The van der Waals surface area contributed by atoms with Gasteiger partial charge in [-0.25, -0.2) is 4.39 Å². The van der Waals surface area contributed by atoms with E-state index in [1.54, 1.807) is 18.2 Å². The Morgan fingerprint density at radius 2 is 2.04 bits per heavy atom. The Morgan fingerprint density at radius 1 is 1.21 bits per heavy atom. The van der Waals surface area contributed by atoms with E-state index in [0.717, 1.165) is 6.07 Å². The fourth-order valence-corrected chi connectivity index (χ4v) is 2.66. The summed E-state index contributed by atoms with van der Waals surface area (Å²) in [5.74, 6) is -0.865. The van der Waals surface area contributed by atoms with Gasteiger partial charge >= 0.3 is 0 Å². The van der Waals surface area contributed by atoms with Crippen LogP contribution in [0.2, 0.25) is 0 Å². The van der Waals surface area contributed by atoms with Crippen molar-refractivity contribution in [2.75, 3.05) is 37.4 Å². The number of anilines is 2. The summed E-state index contributed by atoms with van der Waals surface area (Å²) in [6, 6.07) is 10.2. The molecule has 3 N–H and O–H groups in total. The van der Waals surface area contributed by atoms with Gasteiger partial charge in [-0.1, -0.05) is 6.07 Å². The van der Waals surface area contributed by atoms with Gasteiger partial charge in [0.25, 0.3) is 11.8 Å². The van der Waals surface area contributed by atoms with Gasteiger partial charge in [0.1, 0.15) is 17.7 Å². The van der Waals surface area contributed by atoms with Crippen molar-refractivity contribution in [1.82, 2.24) is 5.32 Å². The molecule has 0 radical (unpaired) electrons. The van der Waals surface area contributed by atoms with Crippen molar-refractivity contribution < 1.29 is 23.5 Å². The summed E-state index contributed by atoms with van der Waals surface area (Å²) in [6.45, 7) is 1.61. The molecule has 0 aliphatic carbocycles. The monoisotopic (exact) mass is 409 g/mol. The zero-order chi connectivity index (χ0) is 19.2. The van der Waals surface area contributed by atoms with E-state index in [1.165, 1.54) is 25.3 Å². The maximum Gasteiger partial charge on any atom is 0.255 e. The Morgan fingerprint density at radius 3 is 2.71 bits per heavy atom. The molecule has 1 heterocycles. The number of nitrogens with one attached hydrogen (secondary N) is 3. The molecule has 150 valence electrons. The second-order valence-electron chi connectivity index (χ2n) is 5.93. The number of hydrogen-bond donors (Lipinski definition) is 3. The molecule has 0 saturated carbocycles. The molecule has 9 heteroatoms. The third-order valence-electron chi connectivity index (χ3n) is 4.02. The zero-order valence-corrected chi connectivity index (χ0v) is 16.0. The van der Waals surface area contributed by atoms with E-state index in [1.807, 2.05) is 0 Å². The molecule has 2 aromatic carbocycles. The van der Waals surface area contributed by atoms with Crippen LogP contribution in [0.1, 0.15) is 10.4 Å². The van der Waals surface area contributed by atoms with Gasteiger partial charge in [0, 0.05) is 24.3 Å². The first-order valence-electron chi connectivity index (χ1n) is 8.45. The number of benzene rings is 2. The van der Waals surface area contributed by atoms with E-state index in [2.05, 4.69) is 16.0 Å². The van der Waals surface area contributed by atoms with Crippen molar-refractivity contribution in [1.29, 1.82) is 0 Å². The molecule has 2 amide bonds. The van der Waals surface area contributed by atoms with Crippen molar-refractivity contribution in [3.05, 3.63) is 53.8 Å². The van der Waals surface area contributed by atoms with E-state index in [4.69, 9.17) is 9.47 Å². The van der Waals surface area contributed by atoms with Gasteiger partial charge in [0.05, 0.1) is 19.4 Å². The number of methoxy groups -OCH3 is 1. The third-order valence-corrected chi connectivity index (χ3v) is 4.02. The highest BCUT2D eigenvalue weighted by molar-refractivity contribution is 6.05. The van der Waals surface area contributed by atoms with Crippen LogP contribution in [0.25, 0.3) is 0 Å². The number of carbonyl (C=O) groups is 2. The van der Waals surface area contributed by atoms with Crippen molar-refractivity contribution in [3.63, 3.8) is 0 Å². The predicted molar refractivity (Wildman–Crippen MR) is 106 cm³/mol. The van der Waals surface area contributed by atoms with Crippen LogP contribution in [0.15, 0.2) is 42.5 Å². The number of ether oxygens (including phenoxy) is 2. The van der Waals surface area contributed by atoms with Crippen molar-refractivity contribution >= 4 is 35.6 Å². The Kier molecular flexibility index (Phi) is 7.74. The smallest absolute Gasteiger partial charge is 0.255 e. The molecule has 0 spiro atoms. The topological polar surface area (TPSA) is 88.7 Å². The molecule has 2 aromatic rings. The lowest BCUT2D eigenvalue weighted by molar-refractivity contribution is -0.128. The van der Waals surface area contributed by atoms with E-state index < -0.39 is 17.8 Å². The Labute approximate surface area is 168 Å².